The maximum atomic E-state index is 13.0. The van der Waals surface area contributed by atoms with Crippen molar-refractivity contribution in [1.29, 1.82) is 0 Å². The minimum Gasteiger partial charge on any atom is -0.489 e. The van der Waals surface area contributed by atoms with Gasteiger partial charge in [-0.2, -0.15) is 0 Å². The largest absolute Gasteiger partial charge is 0.489 e. The highest BCUT2D eigenvalue weighted by Gasteiger charge is 2.25. The third-order valence-electron chi connectivity index (χ3n) is 5.63. The second-order valence-electron chi connectivity index (χ2n) is 8.53. The molecule has 0 aromatic heterocycles. The highest BCUT2D eigenvalue weighted by atomic mass is 35.5. The van der Waals surface area contributed by atoms with E-state index >= 15 is 0 Å². The van der Waals surface area contributed by atoms with E-state index in [2.05, 4.69) is 22.2 Å². The Kier molecular flexibility index (Phi) is 9.59. The third kappa shape index (κ3) is 7.34. The van der Waals surface area contributed by atoms with Crippen molar-refractivity contribution in [3.63, 3.8) is 0 Å². The number of carbonyl (C=O) groups excluding carboxylic acids is 2. The number of piperazine rings is 1. The summed E-state index contributed by atoms with van der Waals surface area (Å²) in [6.45, 7) is 8.15. The van der Waals surface area contributed by atoms with E-state index < -0.39 is 11.9 Å². The number of nitrogens with one attached hydrogen (secondary N) is 1. The van der Waals surface area contributed by atoms with Gasteiger partial charge in [0.1, 0.15) is 11.6 Å². The van der Waals surface area contributed by atoms with Crippen LogP contribution in [0.1, 0.15) is 29.8 Å². The number of amides is 1. The van der Waals surface area contributed by atoms with E-state index in [4.69, 9.17) is 32.7 Å². The molecule has 0 radical (unpaired) electrons. The Labute approximate surface area is 210 Å². The summed E-state index contributed by atoms with van der Waals surface area (Å²) < 4.78 is 11.2. The number of rotatable bonds is 9. The summed E-state index contributed by atoms with van der Waals surface area (Å²) in [7, 11) is 2.10. The van der Waals surface area contributed by atoms with Crippen LogP contribution in [0.3, 0.4) is 0 Å². The Morgan fingerprint density at radius 1 is 1.09 bits per heavy atom. The van der Waals surface area contributed by atoms with Gasteiger partial charge >= 0.3 is 5.97 Å². The first-order valence-electron chi connectivity index (χ1n) is 11.3. The number of hydrogen-bond donors (Lipinski definition) is 1. The van der Waals surface area contributed by atoms with E-state index in [1.165, 1.54) is 13.0 Å². The molecule has 2 aromatic rings. The summed E-state index contributed by atoms with van der Waals surface area (Å²) in [4.78, 5) is 29.4. The predicted octanol–water partition coefficient (Wildman–Crippen LogP) is 3.91. The molecule has 1 N–H and O–H groups in total. The van der Waals surface area contributed by atoms with Gasteiger partial charge in [0.15, 0.2) is 11.5 Å². The second kappa shape index (κ2) is 12.4. The van der Waals surface area contributed by atoms with Crippen molar-refractivity contribution in [2.45, 2.75) is 26.3 Å². The molecule has 1 fully saturated rings. The van der Waals surface area contributed by atoms with Crippen LogP contribution in [0.5, 0.6) is 11.5 Å². The number of likely N-dealkylation sites (N-methyl/N-ethyl adjacent to an activating group) is 1. The smallest absolute Gasteiger partial charge is 0.308 e. The topological polar surface area (TPSA) is 71.1 Å². The van der Waals surface area contributed by atoms with Crippen molar-refractivity contribution >= 4 is 35.1 Å². The number of nitrogens with zero attached hydrogens (tertiary/aromatic N) is 2. The Hall–Kier alpha value is -2.32. The van der Waals surface area contributed by atoms with Crippen molar-refractivity contribution in [2.24, 2.45) is 0 Å². The molecule has 1 heterocycles. The Morgan fingerprint density at radius 2 is 1.76 bits per heavy atom. The normalized spacial score (nSPS) is 15.6. The van der Waals surface area contributed by atoms with E-state index in [1.54, 1.807) is 0 Å². The summed E-state index contributed by atoms with van der Waals surface area (Å²) >= 11 is 13.0. The number of esters is 1. The second-order valence-corrected chi connectivity index (χ2v) is 9.31. The van der Waals surface area contributed by atoms with Gasteiger partial charge < -0.3 is 19.7 Å². The third-order valence-corrected chi connectivity index (χ3v) is 6.26. The van der Waals surface area contributed by atoms with Crippen LogP contribution in [-0.4, -0.2) is 74.1 Å². The van der Waals surface area contributed by atoms with Crippen LogP contribution in [0.15, 0.2) is 36.4 Å². The number of ether oxygens (including phenoxy) is 2. The van der Waals surface area contributed by atoms with Crippen molar-refractivity contribution in [3.05, 3.63) is 57.6 Å². The Bertz CT molecular complexity index is 995. The zero-order chi connectivity index (χ0) is 24.7. The monoisotopic (exact) mass is 507 g/mol. The molecule has 9 heteroatoms. The highest BCUT2D eigenvalue weighted by molar-refractivity contribution is 6.39. The molecular formula is C25H31Cl2N3O4. The van der Waals surface area contributed by atoms with Gasteiger partial charge in [-0.15, -0.1) is 0 Å². The molecule has 34 heavy (non-hydrogen) atoms. The van der Waals surface area contributed by atoms with Crippen LogP contribution in [0.2, 0.25) is 10.0 Å². The van der Waals surface area contributed by atoms with E-state index in [1.807, 2.05) is 37.3 Å². The van der Waals surface area contributed by atoms with Crippen LogP contribution in [0, 0.1) is 0 Å². The van der Waals surface area contributed by atoms with Gasteiger partial charge in [-0.3, -0.25) is 14.5 Å². The Balaban J connectivity index is 1.72. The molecule has 0 bridgehead atoms. The van der Waals surface area contributed by atoms with Crippen LogP contribution in [0.4, 0.5) is 0 Å². The van der Waals surface area contributed by atoms with Crippen LogP contribution >= 0.6 is 23.2 Å². The molecular weight excluding hydrogens is 477 g/mol. The maximum absolute atomic E-state index is 13.0. The lowest BCUT2D eigenvalue weighted by molar-refractivity contribution is -0.131. The molecule has 1 atom stereocenters. The van der Waals surface area contributed by atoms with Crippen LogP contribution in [-0.2, 0) is 11.2 Å². The lowest BCUT2D eigenvalue weighted by Crippen LogP contribution is -2.45. The van der Waals surface area contributed by atoms with E-state index in [9.17, 15) is 9.59 Å². The zero-order valence-electron chi connectivity index (χ0n) is 19.8. The van der Waals surface area contributed by atoms with Gasteiger partial charge in [-0.1, -0.05) is 53.5 Å². The van der Waals surface area contributed by atoms with Gasteiger partial charge in [-0.25, -0.2) is 0 Å². The first kappa shape index (κ1) is 26.3. The predicted molar refractivity (Wildman–Crippen MR) is 134 cm³/mol. The number of benzene rings is 2. The van der Waals surface area contributed by atoms with Crippen molar-refractivity contribution in [3.8, 4) is 11.5 Å². The van der Waals surface area contributed by atoms with Crippen LogP contribution in [0.25, 0.3) is 0 Å². The lowest BCUT2D eigenvalue weighted by Gasteiger charge is -2.32. The molecule has 184 valence electrons. The Morgan fingerprint density at radius 3 is 2.41 bits per heavy atom. The van der Waals surface area contributed by atoms with E-state index in [0.717, 1.165) is 31.7 Å². The standard InChI is InChI=1S/C25H31Cl2N3O4/c1-17(15-19-7-5-4-6-8-19)28-25(32)20-16-21(26)24(22(27)23(20)34-18(2)31)33-14-13-30-11-9-29(3)10-12-30/h4-8,16-17H,9-15H2,1-3H3,(H,28,32)/t17-/m1/s1. The molecule has 0 saturated carbocycles. The fourth-order valence-corrected chi connectivity index (χ4v) is 4.40. The number of hydrogen-bond acceptors (Lipinski definition) is 6. The summed E-state index contributed by atoms with van der Waals surface area (Å²) in [6.07, 6.45) is 0.643. The molecule has 7 nitrogen and oxygen atoms in total. The molecule has 0 aliphatic carbocycles. The molecule has 1 amide bonds. The van der Waals surface area contributed by atoms with Gasteiger partial charge in [0, 0.05) is 45.7 Å². The minimum atomic E-state index is -0.598. The first-order valence-corrected chi connectivity index (χ1v) is 12.1. The summed E-state index contributed by atoms with van der Waals surface area (Å²) in [5.41, 5.74) is 1.17. The fraction of sp³-hybridized carbons (Fsp3) is 0.440. The minimum absolute atomic E-state index is 0.00180. The van der Waals surface area contributed by atoms with E-state index in [-0.39, 0.29) is 33.1 Å². The summed E-state index contributed by atoms with van der Waals surface area (Å²) in [5, 5.41) is 3.11. The van der Waals surface area contributed by atoms with Gasteiger partial charge in [0.25, 0.3) is 5.91 Å². The average molecular weight is 508 g/mol. The molecule has 2 aromatic carbocycles. The molecule has 1 aliphatic heterocycles. The molecule has 0 unspecified atom stereocenters. The SMILES string of the molecule is CC(=O)Oc1c(C(=O)N[C@H](C)Cc2ccccc2)cc(Cl)c(OCCN2CCN(C)CC2)c1Cl. The average Bonchev–Trinajstić information content (AvgIpc) is 2.79. The van der Waals surface area contributed by atoms with Crippen molar-refractivity contribution in [1.82, 2.24) is 15.1 Å². The molecule has 0 spiro atoms. The molecule has 1 saturated heterocycles. The van der Waals surface area contributed by atoms with Crippen molar-refractivity contribution < 1.29 is 19.1 Å². The van der Waals surface area contributed by atoms with E-state index in [0.29, 0.717) is 19.6 Å². The highest BCUT2D eigenvalue weighted by Crippen LogP contribution is 2.43. The van der Waals surface area contributed by atoms with Crippen LogP contribution < -0.4 is 14.8 Å². The van der Waals surface area contributed by atoms with Gasteiger partial charge in [-0.05, 0) is 32.0 Å². The zero-order valence-corrected chi connectivity index (χ0v) is 21.3. The molecule has 1 aliphatic rings. The number of halogens is 2. The quantitative estimate of drug-likeness (QED) is 0.409. The maximum Gasteiger partial charge on any atom is 0.308 e. The lowest BCUT2D eigenvalue weighted by atomic mass is 10.1. The first-order chi connectivity index (χ1) is 16.2. The summed E-state index contributed by atoms with van der Waals surface area (Å²) in [6, 6.07) is 11.1. The fourth-order valence-electron chi connectivity index (χ4n) is 3.80. The van der Waals surface area contributed by atoms with Gasteiger partial charge in [0.2, 0.25) is 0 Å². The van der Waals surface area contributed by atoms with Crippen molar-refractivity contribution in [2.75, 3.05) is 46.4 Å². The number of carbonyl (C=O) groups is 2. The van der Waals surface area contributed by atoms with Gasteiger partial charge in [0.05, 0.1) is 10.6 Å². The molecule has 3 rings (SSSR count). The summed E-state index contributed by atoms with van der Waals surface area (Å²) in [5.74, 6) is -0.897.